The number of benzene rings is 1. The second-order valence-electron chi connectivity index (χ2n) is 5.94. The van der Waals surface area contributed by atoms with Crippen molar-refractivity contribution in [3.05, 3.63) is 35.7 Å². The van der Waals surface area contributed by atoms with Gasteiger partial charge in [-0.1, -0.05) is 57.1 Å². The lowest BCUT2D eigenvalue weighted by Crippen LogP contribution is -2.15. The molecule has 20 heavy (non-hydrogen) atoms. The highest BCUT2D eigenvalue weighted by Gasteiger charge is 2.27. The average molecular weight is 296 g/mol. The summed E-state index contributed by atoms with van der Waals surface area (Å²) in [4.78, 5) is 4.49. The molecule has 1 atom stereocenters. The number of nitrogens with two attached hydrogens (primary N) is 1. The van der Waals surface area contributed by atoms with E-state index in [-0.39, 0.29) is 23.7 Å². The van der Waals surface area contributed by atoms with E-state index in [1.165, 1.54) is 0 Å². The molecule has 0 saturated carbocycles. The van der Waals surface area contributed by atoms with Crippen LogP contribution in [0.5, 0.6) is 0 Å². The molecule has 4 nitrogen and oxygen atoms in total. The predicted molar refractivity (Wildman–Crippen MR) is 82.7 cm³/mol. The zero-order valence-electron chi connectivity index (χ0n) is 12.4. The van der Waals surface area contributed by atoms with Gasteiger partial charge in [0.25, 0.3) is 0 Å². The largest absolute Gasteiger partial charge is 0.339 e. The van der Waals surface area contributed by atoms with Gasteiger partial charge >= 0.3 is 0 Å². The van der Waals surface area contributed by atoms with E-state index in [2.05, 4.69) is 37.8 Å². The van der Waals surface area contributed by atoms with Crippen molar-refractivity contribution in [2.24, 2.45) is 11.1 Å². The van der Waals surface area contributed by atoms with Crippen LogP contribution >= 0.6 is 12.4 Å². The Morgan fingerprint density at radius 2 is 1.80 bits per heavy atom. The normalized spacial score (nSPS) is 12.8. The molecule has 0 radical (unpaired) electrons. The number of halogens is 1. The second kappa shape index (κ2) is 6.37. The fourth-order valence-electron chi connectivity index (χ4n) is 1.69. The van der Waals surface area contributed by atoms with Crippen LogP contribution in [0.1, 0.15) is 45.1 Å². The fraction of sp³-hybridized carbons (Fsp3) is 0.467. The molecular formula is C15H22ClN3O. The summed E-state index contributed by atoms with van der Waals surface area (Å²) in [5.74, 6) is 1.54. The first-order valence-electron chi connectivity index (χ1n) is 6.55. The third-order valence-corrected chi connectivity index (χ3v) is 3.56. The quantitative estimate of drug-likeness (QED) is 0.936. The van der Waals surface area contributed by atoms with Gasteiger partial charge in [-0.05, 0) is 11.0 Å². The van der Waals surface area contributed by atoms with E-state index in [0.717, 1.165) is 11.1 Å². The van der Waals surface area contributed by atoms with Gasteiger partial charge in [0.1, 0.15) is 0 Å². The zero-order chi connectivity index (χ0) is 14.0. The van der Waals surface area contributed by atoms with E-state index >= 15 is 0 Å². The molecule has 2 aromatic rings. The predicted octanol–water partition coefficient (Wildman–Crippen LogP) is 3.77. The first kappa shape index (κ1) is 16.7. The molecule has 5 heteroatoms. The van der Waals surface area contributed by atoms with Crippen LogP contribution in [-0.4, -0.2) is 10.1 Å². The van der Waals surface area contributed by atoms with Crippen LogP contribution in [0.4, 0.5) is 0 Å². The minimum atomic E-state index is 0. The molecule has 1 aromatic heterocycles. The molecule has 0 bridgehead atoms. The standard InChI is InChI=1S/C15H21N3O.ClH/c1-10(15(2,3)4)14-17-13(18-19-14)12-7-5-11(9-16)6-8-12;/h5-8,10H,9,16H2,1-4H3;1H. The van der Waals surface area contributed by atoms with Gasteiger partial charge in [-0.3, -0.25) is 0 Å². The summed E-state index contributed by atoms with van der Waals surface area (Å²) in [7, 11) is 0. The van der Waals surface area contributed by atoms with Crippen LogP contribution in [0.2, 0.25) is 0 Å². The van der Waals surface area contributed by atoms with Gasteiger partial charge < -0.3 is 10.3 Å². The molecular weight excluding hydrogens is 274 g/mol. The van der Waals surface area contributed by atoms with Gasteiger partial charge in [0.05, 0.1) is 0 Å². The Balaban J connectivity index is 0.00000200. The monoisotopic (exact) mass is 295 g/mol. The summed E-state index contributed by atoms with van der Waals surface area (Å²) in [6.07, 6.45) is 0. The first-order chi connectivity index (χ1) is 8.91. The maximum atomic E-state index is 5.58. The number of rotatable bonds is 3. The minimum absolute atomic E-state index is 0. The summed E-state index contributed by atoms with van der Waals surface area (Å²) in [6, 6.07) is 7.91. The van der Waals surface area contributed by atoms with E-state index in [1.807, 2.05) is 24.3 Å². The molecule has 0 aliphatic rings. The van der Waals surface area contributed by atoms with Crippen molar-refractivity contribution >= 4 is 12.4 Å². The van der Waals surface area contributed by atoms with Crippen LogP contribution in [0, 0.1) is 5.41 Å². The maximum Gasteiger partial charge on any atom is 0.230 e. The SMILES string of the molecule is CC(c1nc(-c2ccc(CN)cc2)no1)C(C)(C)C.Cl. The maximum absolute atomic E-state index is 5.58. The third-order valence-electron chi connectivity index (χ3n) is 3.56. The summed E-state index contributed by atoms with van der Waals surface area (Å²) in [6.45, 7) is 9.14. The molecule has 0 amide bonds. The van der Waals surface area contributed by atoms with Gasteiger partial charge in [0, 0.05) is 18.0 Å². The van der Waals surface area contributed by atoms with Crippen molar-refractivity contribution in [3.63, 3.8) is 0 Å². The van der Waals surface area contributed by atoms with Crippen LogP contribution < -0.4 is 5.73 Å². The molecule has 2 rings (SSSR count). The zero-order valence-corrected chi connectivity index (χ0v) is 13.2. The van der Waals surface area contributed by atoms with Crippen molar-refractivity contribution in [1.82, 2.24) is 10.1 Å². The Kier molecular flexibility index (Phi) is 5.31. The highest BCUT2D eigenvalue weighted by atomic mass is 35.5. The molecule has 1 aromatic carbocycles. The lowest BCUT2D eigenvalue weighted by Gasteiger charge is -2.23. The average Bonchev–Trinajstić information content (AvgIpc) is 2.86. The summed E-state index contributed by atoms with van der Waals surface area (Å²) < 4.78 is 5.38. The summed E-state index contributed by atoms with van der Waals surface area (Å²) >= 11 is 0. The lowest BCUT2D eigenvalue weighted by atomic mass is 9.82. The van der Waals surface area contributed by atoms with Gasteiger partial charge in [0.15, 0.2) is 0 Å². The van der Waals surface area contributed by atoms with Gasteiger partial charge in [-0.2, -0.15) is 4.98 Å². The molecule has 110 valence electrons. The summed E-state index contributed by atoms with van der Waals surface area (Å²) in [5, 5.41) is 4.06. The van der Waals surface area contributed by atoms with Crippen molar-refractivity contribution in [1.29, 1.82) is 0 Å². The van der Waals surface area contributed by atoms with Crippen molar-refractivity contribution in [3.8, 4) is 11.4 Å². The smallest absolute Gasteiger partial charge is 0.230 e. The molecule has 1 heterocycles. The Morgan fingerprint density at radius 1 is 1.20 bits per heavy atom. The topological polar surface area (TPSA) is 64.9 Å². The van der Waals surface area contributed by atoms with E-state index in [1.54, 1.807) is 0 Å². The minimum Gasteiger partial charge on any atom is -0.339 e. The third kappa shape index (κ3) is 3.58. The number of aromatic nitrogens is 2. The van der Waals surface area contributed by atoms with Crippen molar-refractivity contribution < 1.29 is 4.52 Å². The number of nitrogens with zero attached hydrogens (tertiary/aromatic N) is 2. The van der Waals surface area contributed by atoms with Crippen LogP contribution in [0.15, 0.2) is 28.8 Å². The Hall–Kier alpha value is -1.39. The molecule has 2 N–H and O–H groups in total. The highest BCUT2D eigenvalue weighted by molar-refractivity contribution is 5.85. The first-order valence-corrected chi connectivity index (χ1v) is 6.55. The molecule has 1 unspecified atom stereocenters. The van der Waals surface area contributed by atoms with Gasteiger partial charge in [0.2, 0.25) is 11.7 Å². The van der Waals surface area contributed by atoms with Crippen LogP contribution in [0.25, 0.3) is 11.4 Å². The molecule has 0 spiro atoms. The van der Waals surface area contributed by atoms with E-state index in [0.29, 0.717) is 18.3 Å². The summed E-state index contributed by atoms with van der Waals surface area (Å²) in [5.41, 5.74) is 7.73. The van der Waals surface area contributed by atoms with E-state index in [9.17, 15) is 0 Å². The van der Waals surface area contributed by atoms with E-state index in [4.69, 9.17) is 10.3 Å². The molecule has 0 aliphatic heterocycles. The van der Waals surface area contributed by atoms with Crippen LogP contribution in [-0.2, 0) is 6.54 Å². The fourth-order valence-corrected chi connectivity index (χ4v) is 1.69. The highest BCUT2D eigenvalue weighted by Crippen LogP contribution is 2.34. The Morgan fingerprint density at radius 3 is 2.30 bits per heavy atom. The van der Waals surface area contributed by atoms with Gasteiger partial charge in [-0.15, -0.1) is 12.4 Å². The lowest BCUT2D eigenvalue weighted by molar-refractivity contribution is 0.262. The van der Waals surface area contributed by atoms with Crippen LogP contribution in [0.3, 0.4) is 0 Å². The van der Waals surface area contributed by atoms with Gasteiger partial charge in [-0.25, -0.2) is 0 Å². The Labute approximate surface area is 126 Å². The molecule has 0 aliphatic carbocycles. The van der Waals surface area contributed by atoms with Crippen molar-refractivity contribution in [2.45, 2.75) is 40.2 Å². The second-order valence-corrected chi connectivity index (χ2v) is 5.94. The number of hydrogen-bond acceptors (Lipinski definition) is 4. The molecule has 0 fully saturated rings. The molecule has 0 saturated heterocycles. The number of hydrogen-bond donors (Lipinski definition) is 1. The van der Waals surface area contributed by atoms with Crippen molar-refractivity contribution in [2.75, 3.05) is 0 Å². The van der Waals surface area contributed by atoms with E-state index < -0.39 is 0 Å². The Bertz CT molecular complexity index is 543.